The summed E-state index contributed by atoms with van der Waals surface area (Å²) in [6.07, 6.45) is 6.23. The maximum Gasteiger partial charge on any atom is 0.0713 e. The quantitative estimate of drug-likeness (QED) is 0.133. The SMILES string of the molecule is CCCC.CCCCc1cc(-c2ccc(C)cc2)ccc1-c1ccccc1C.Cc1cc2ccccc2c2ccccc12.Cc1ccc(C2(c3ccccc3)c3ccccc3-c3ccccc32)cc1. The third-order valence-corrected chi connectivity index (χ3v) is 13.8. The Morgan fingerprint density at radius 3 is 1.43 bits per heavy atom. The van der Waals surface area contributed by atoms with E-state index < -0.39 is 0 Å². The summed E-state index contributed by atoms with van der Waals surface area (Å²) >= 11 is 0. The molecule has 11 rings (SSSR count). The van der Waals surface area contributed by atoms with Crippen molar-refractivity contribution in [1.82, 2.24) is 0 Å². The van der Waals surface area contributed by atoms with Crippen LogP contribution in [0.5, 0.6) is 0 Å². The molecule has 0 heterocycles. The van der Waals surface area contributed by atoms with Gasteiger partial charge in [0.15, 0.2) is 0 Å². The van der Waals surface area contributed by atoms with Gasteiger partial charge in [-0.05, 0) is 134 Å². The van der Waals surface area contributed by atoms with Crippen molar-refractivity contribution < 1.29 is 0 Å². The summed E-state index contributed by atoms with van der Waals surface area (Å²) in [6.45, 7) is 15.3. The van der Waals surface area contributed by atoms with Crippen LogP contribution in [-0.2, 0) is 11.8 Å². The highest BCUT2D eigenvalue weighted by Crippen LogP contribution is 2.55. The normalized spacial score (nSPS) is 11.8. The zero-order chi connectivity index (χ0) is 48.2. The van der Waals surface area contributed by atoms with Crippen LogP contribution in [-0.4, -0.2) is 0 Å². The molecule has 1 aliphatic carbocycles. The minimum atomic E-state index is -0.262. The molecule has 0 bridgehead atoms. The summed E-state index contributed by atoms with van der Waals surface area (Å²) in [7, 11) is 0. The van der Waals surface area contributed by atoms with Crippen LogP contribution >= 0.6 is 0 Å². The summed E-state index contributed by atoms with van der Waals surface area (Å²) in [4.78, 5) is 0. The van der Waals surface area contributed by atoms with Crippen LogP contribution in [0, 0.1) is 27.7 Å². The highest BCUT2D eigenvalue weighted by Gasteiger charge is 2.45. The van der Waals surface area contributed by atoms with E-state index >= 15 is 0 Å². The predicted molar refractivity (Wildman–Crippen MR) is 301 cm³/mol. The fraction of sp³-hybridized carbons (Fsp3) is 0.188. The van der Waals surface area contributed by atoms with Gasteiger partial charge in [-0.2, -0.15) is 0 Å². The van der Waals surface area contributed by atoms with E-state index in [1.165, 1.54) is 131 Å². The number of benzene rings is 10. The van der Waals surface area contributed by atoms with Crippen LogP contribution in [0.25, 0.3) is 54.9 Å². The number of hydrogen-bond donors (Lipinski definition) is 0. The number of fused-ring (bicyclic) bond motifs is 6. The zero-order valence-electron chi connectivity index (χ0n) is 41.9. The second-order valence-corrected chi connectivity index (χ2v) is 18.7. The highest BCUT2D eigenvalue weighted by atomic mass is 14.5. The third-order valence-electron chi connectivity index (χ3n) is 13.8. The van der Waals surface area contributed by atoms with Crippen molar-refractivity contribution in [2.24, 2.45) is 0 Å². The van der Waals surface area contributed by atoms with Gasteiger partial charge in [0.05, 0.1) is 5.41 Å². The molecule has 10 aromatic carbocycles. The molecular weight excluding hydrogens is 829 g/mol. The lowest BCUT2D eigenvalue weighted by Crippen LogP contribution is -2.28. The van der Waals surface area contributed by atoms with Gasteiger partial charge >= 0.3 is 0 Å². The maximum absolute atomic E-state index is 2.39. The van der Waals surface area contributed by atoms with Gasteiger partial charge < -0.3 is 0 Å². The van der Waals surface area contributed by atoms with Crippen molar-refractivity contribution in [3.05, 3.63) is 275 Å². The van der Waals surface area contributed by atoms with E-state index in [0.29, 0.717) is 0 Å². The van der Waals surface area contributed by atoms with Crippen LogP contribution in [0.1, 0.15) is 96.5 Å². The molecule has 10 aromatic rings. The summed E-state index contributed by atoms with van der Waals surface area (Å²) in [5, 5.41) is 5.39. The molecular formula is C69H68. The molecule has 0 unspecified atom stereocenters. The van der Waals surface area contributed by atoms with Gasteiger partial charge in [-0.25, -0.2) is 0 Å². The van der Waals surface area contributed by atoms with Gasteiger partial charge in [0.2, 0.25) is 0 Å². The Labute approximate surface area is 413 Å². The molecule has 0 saturated carbocycles. The Hall–Kier alpha value is -7.28. The van der Waals surface area contributed by atoms with Crippen LogP contribution in [0.2, 0.25) is 0 Å². The van der Waals surface area contributed by atoms with E-state index in [-0.39, 0.29) is 5.41 Å². The van der Waals surface area contributed by atoms with E-state index in [4.69, 9.17) is 0 Å². The largest absolute Gasteiger partial charge is 0.0713 e. The summed E-state index contributed by atoms with van der Waals surface area (Å²) < 4.78 is 0. The van der Waals surface area contributed by atoms with Crippen LogP contribution in [0.15, 0.2) is 224 Å². The standard InChI is InChI=1S/C26H20.C24H26.C15H12.C4H10/c1-19-15-17-21(18-16-19)26(20-9-3-2-4-10-20)24-13-7-5-11-22(24)23-12-6-8-14-25(23)26;1-4-5-9-22-17-21(20-13-11-18(2)12-14-20)15-16-24(22)23-10-7-6-8-19(23)3;1-11-10-12-6-2-3-8-14(12)15-9-5-4-7-13(11)15;1-3-4-2/h2-18H,1H3;6-8,10-17H,4-5,9H2,1-3H3;2-10H,1H3;3-4H2,1-2H3. The molecule has 0 spiro atoms. The van der Waals surface area contributed by atoms with Crippen molar-refractivity contribution in [3.8, 4) is 33.4 Å². The van der Waals surface area contributed by atoms with Crippen molar-refractivity contribution in [1.29, 1.82) is 0 Å². The monoisotopic (exact) mass is 897 g/mol. The Morgan fingerprint density at radius 2 is 0.826 bits per heavy atom. The number of aryl methyl sites for hydroxylation is 5. The topological polar surface area (TPSA) is 0 Å². The van der Waals surface area contributed by atoms with Gasteiger partial charge in [0.25, 0.3) is 0 Å². The average Bonchev–Trinajstić information content (AvgIpc) is 3.70. The van der Waals surface area contributed by atoms with Gasteiger partial charge in [-0.15, -0.1) is 0 Å². The van der Waals surface area contributed by atoms with Crippen molar-refractivity contribution in [2.45, 2.75) is 86.0 Å². The second-order valence-electron chi connectivity index (χ2n) is 18.7. The highest BCUT2D eigenvalue weighted by molar-refractivity contribution is 6.08. The van der Waals surface area contributed by atoms with Gasteiger partial charge in [0, 0.05) is 0 Å². The second kappa shape index (κ2) is 22.7. The average molecular weight is 897 g/mol. The molecule has 0 fully saturated rings. The van der Waals surface area contributed by atoms with E-state index in [1.807, 2.05) is 0 Å². The third kappa shape index (κ3) is 10.4. The zero-order valence-corrected chi connectivity index (χ0v) is 41.9. The fourth-order valence-electron chi connectivity index (χ4n) is 9.99. The number of rotatable bonds is 8. The molecule has 0 saturated heterocycles. The van der Waals surface area contributed by atoms with Crippen LogP contribution in [0.3, 0.4) is 0 Å². The van der Waals surface area contributed by atoms with E-state index in [0.717, 1.165) is 6.42 Å². The summed E-state index contributed by atoms with van der Waals surface area (Å²) in [5.41, 5.74) is 19.9. The molecule has 0 aromatic heterocycles. The lowest BCUT2D eigenvalue weighted by Gasteiger charge is -2.33. The maximum atomic E-state index is 2.39. The van der Waals surface area contributed by atoms with Gasteiger partial charge in [0.1, 0.15) is 0 Å². The first-order valence-electron chi connectivity index (χ1n) is 25.2. The van der Waals surface area contributed by atoms with E-state index in [1.54, 1.807) is 0 Å². The van der Waals surface area contributed by atoms with Gasteiger partial charge in [-0.1, -0.05) is 276 Å². The minimum absolute atomic E-state index is 0.262. The van der Waals surface area contributed by atoms with Crippen molar-refractivity contribution >= 4 is 21.5 Å². The Kier molecular flexibility index (Phi) is 15.8. The Balaban J connectivity index is 0.000000138. The molecule has 1 aliphatic rings. The lowest BCUT2D eigenvalue weighted by molar-refractivity contribution is 0.768. The summed E-state index contributed by atoms with van der Waals surface area (Å²) in [6, 6.07) is 81.6. The molecule has 0 aliphatic heterocycles. The molecule has 0 radical (unpaired) electrons. The first kappa shape index (κ1) is 48.2. The smallest absolute Gasteiger partial charge is 0.0654 e. The molecule has 0 N–H and O–H groups in total. The molecule has 69 heavy (non-hydrogen) atoms. The molecule has 0 heteroatoms. The lowest BCUT2D eigenvalue weighted by atomic mass is 9.67. The van der Waals surface area contributed by atoms with Crippen molar-refractivity contribution in [3.63, 3.8) is 0 Å². The van der Waals surface area contributed by atoms with Crippen LogP contribution < -0.4 is 0 Å². The first-order valence-corrected chi connectivity index (χ1v) is 25.2. The number of hydrogen-bond acceptors (Lipinski definition) is 0. The molecule has 0 nitrogen and oxygen atoms in total. The minimum Gasteiger partial charge on any atom is -0.0654 e. The van der Waals surface area contributed by atoms with E-state index in [9.17, 15) is 0 Å². The molecule has 0 atom stereocenters. The van der Waals surface area contributed by atoms with Crippen LogP contribution in [0.4, 0.5) is 0 Å². The molecule has 0 amide bonds. The van der Waals surface area contributed by atoms with Crippen molar-refractivity contribution in [2.75, 3.05) is 0 Å². The Morgan fingerprint density at radius 1 is 0.333 bits per heavy atom. The van der Waals surface area contributed by atoms with Gasteiger partial charge in [-0.3, -0.25) is 0 Å². The fourth-order valence-corrected chi connectivity index (χ4v) is 9.99. The summed E-state index contributed by atoms with van der Waals surface area (Å²) in [5.74, 6) is 0. The first-order chi connectivity index (χ1) is 33.8. The van der Waals surface area contributed by atoms with E-state index in [2.05, 4.69) is 273 Å². The predicted octanol–water partition coefficient (Wildman–Crippen LogP) is 19.4. The molecule has 344 valence electrons. The Bertz CT molecular complexity index is 3190. The number of unbranched alkanes of at least 4 members (excludes halogenated alkanes) is 2.